The minimum atomic E-state index is -3.85. The van der Waals surface area contributed by atoms with E-state index in [0.717, 1.165) is 12.6 Å². The van der Waals surface area contributed by atoms with Gasteiger partial charge in [-0.05, 0) is 51.7 Å². The maximum Gasteiger partial charge on any atom is 0.243 e. The van der Waals surface area contributed by atoms with Crippen LogP contribution in [0.5, 0.6) is 0 Å². The largest absolute Gasteiger partial charge is 0.326 e. The maximum atomic E-state index is 13.8. The van der Waals surface area contributed by atoms with Gasteiger partial charge in [0.05, 0.1) is 0 Å². The quantitative estimate of drug-likeness (QED) is 0.785. The van der Waals surface area contributed by atoms with Crippen molar-refractivity contribution in [3.05, 3.63) is 29.6 Å². The van der Waals surface area contributed by atoms with Crippen LogP contribution in [0.25, 0.3) is 0 Å². The van der Waals surface area contributed by atoms with E-state index in [1.807, 2.05) is 19.0 Å². The Balaban J connectivity index is 2.83. The van der Waals surface area contributed by atoms with E-state index in [4.69, 9.17) is 5.73 Å². The van der Waals surface area contributed by atoms with Gasteiger partial charge in [0.15, 0.2) is 0 Å². The fourth-order valence-corrected chi connectivity index (χ4v) is 3.07. The molecule has 1 atom stereocenters. The van der Waals surface area contributed by atoms with Crippen molar-refractivity contribution in [2.24, 2.45) is 5.73 Å². The molecule has 1 aromatic carbocycles. The van der Waals surface area contributed by atoms with Gasteiger partial charge < -0.3 is 10.6 Å². The molecule has 114 valence electrons. The van der Waals surface area contributed by atoms with E-state index in [1.165, 1.54) is 12.1 Å². The van der Waals surface area contributed by atoms with Crippen molar-refractivity contribution in [3.8, 4) is 0 Å². The van der Waals surface area contributed by atoms with E-state index in [0.29, 0.717) is 12.0 Å². The van der Waals surface area contributed by atoms with E-state index in [2.05, 4.69) is 4.72 Å². The number of hydrogen-bond donors (Lipinski definition) is 2. The summed E-state index contributed by atoms with van der Waals surface area (Å²) >= 11 is 0. The van der Waals surface area contributed by atoms with Gasteiger partial charge in [0, 0.05) is 12.6 Å². The van der Waals surface area contributed by atoms with Gasteiger partial charge >= 0.3 is 0 Å². The molecule has 7 heteroatoms. The molecule has 0 aromatic heterocycles. The molecular weight excluding hydrogens is 281 g/mol. The average molecular weight is 303 g/mol. The van der Waals surface area contributed by atoms with Crippen molar-refractivity contribution in [2.75, 3.05) is 20.6 Å². The first-order valence-electron chi connectivity index (χ1n) is 6.42. The molecule has 0 amide bonds. The van der Waals surface area contributed by atoms with Crippen LogP contribution in [0.3, 0.4) is 0 Å². The van der Waals surface area contributed by atoms with Gasteiger partial charge in [-0.25, -0.2) is 17.5 Å². The molecule has 0 aliphatic heterocycles. The Labute approximate surface area is 120 Å². The normalized spacial score (nSPS) is 13.7. The summed E-state index contributed by atoms with van der Waals surface area (Å²) < 4.78 is 40.5. The zero-order valence-electron chi connectivity index (χ0n) is 12.1. The fraction of sp³-hybridized carbons (Fsp3) is 0.538. The van der Waals surface area contributed by atoms with Gasteiger partial charge in [-0.15, -0.1) is 0 Å². The second-order valence-corrected chi connectivity index (χ2v) is 6.77. The highest BCUT2D eigenvalue weighted by Crippen LogP contribution is 2.16. The lowest BCUT2D eigenvalue weighted by molar-refractivity contribution is 0.378. The minimum absolute atomic E-state index is 0.171. The highest BCUT2D eigenvalue weighted by Gasteiger charge is 2.21. The summed E-state index contributed by atoms with van der Waals surface area (Å²) in [5.41, 5.74) is 5.95. The highest BCUT2D eigenvalue weighted by molar-refractivity contribution is 7.89. The summed E-state index contributed by atoms with van der Waals surface area (Å²) in [6.45, 7) is 2.68. The van der Waals surface area contributed by atoms with E-state index in [1.54, 1.807) is 6.92 Å². The number of sulfonamides is 1. The summed E-state index contributed by atoms with van der Waals surface area (Å²) in [4.78, 5) is 1.62. The fourth-order valence-electron chi connectivity index (χ4n) is 1.73. The Morgan fingerprint density at radius 3 is 2.55 bits per heavy atom. The highest BCUT2D eigenvalue weighted by atomic mass is 32.2. The second kappa shape index (κ2) is 7.12. The van der Waals surface area contributed by atoms with Crippen LogP contribution in [0, 0.1) is 5.82 Å². The van der Waals surface area contributed by atoms with Gasteiger partial charge in [0.25, 0.3) is 0 Å². The van der Waals surface area contributed by atoms with Gasteiger partial charge in [-0.3, -0.25) is 0 Å². The molecule has 0 aliphatic rings. The van der Waals surface area contributed by atoms with E-state index in [-0.39, 0.29) is 17.5 Å². The van der Waals surface area contributed by atoms with Crippen LogP contribution >= 0.6 is 0 Å². The molecule has 0 saturated heterocycles. The van der Waals surface area contributed by atoms with Gasteiger partial charge in [0.2, 0.25) is 10.0 Å². The zero-order valence-corrected chi connectivity index (χ0v) is 12.9. The third-order valence-corrected chi connectivity index (χ3v) is 4.51. The molecule has 0 bridgehead atoms. The molecular formula is C13H22FN3O2S. The predicted molar refractivity (Wildman–Crippen MR) is 77.2 cm³/mol. The predicted octanol–water partition coefficient (Wildman–Crippen LogP) is 0.903. The van der Waals surface area contributed by atoms with Gasteiger partial charge in [-0.1, -0.05) is 6.07 Å². The third kappa shape index (κ3) is 4.82. The van der Waals surface area contributed by atoms with E-state index >= 15 is 0 Å². The van der Waals surface area contributed by atoms with Gasteiger partial charge in [0.1, 0.15) is 10.7 Å². The van der Waals surface area contributed by atoms with Crippen LogP contribution in [0.2, 0.25) is 0 Å². The summed E-state index contributed by atoms with van der Waals surface area (Å²) in [6, 6.07) is 3.65. The lowest BCUT2D eigenvalue weighted by Crippen LogP contribution is -2.35. The summed E-state index contributed by atoms with van der Waals surface area (Å²) in [6.07, 6.45) is 0.648. The number of nitrogens with zero attached hydrogens (tertiary/aromatic N) is 1. The first-order chi connectivity index (χ1) is 9.26. The molecule has 0 spiro atoms. The van der Waals surface area contributed by atoms with Crippen molar-refractivity contribution in [1.29, 1.82) is 0 Å². The van der Waals surface area contributed by atoms with E-state index in [9.17, 15) is 12.8 Å². The molecule has 0 heterocycles. The minimum Gasteiger partial charge on any atom is -0.326 e. The monoisotopic (exact) mass is 303 g/mol. The molecule has 1 unspecified atom stereocenters. The van der Waals surface area contributed by atoms with Crippen molar-refractivity contribution in [3.63, 3.8) is 0 Å². The molecule has 0 saturated carbocycles. The standard InChI is InChI=1S/C13H22FN3O2S/c1-10(6-7-17(2)3)16-20(18,19)13-5-4-11(9-15)8-12(13)14/h4-5,8,10,16H,6-7,9,15H2,1-3H3. The Kier molecular flexibility index (Phi) is 6.07. The van der Waals surface area contributed by atoms with E-state index < -0.39 is 15.8 Å². The number of rotatable bonds is 7. The smallest absolute Gasteiger partial charge is 0.243 e. The Morgan fingerprint density at radius 1 is 1.40 bits per heavy atom. The Hall–Kier alpha value is -1.02. The molecule has 5 nitrogen and oxygen atoms in total. The van der Waals surface area contributed by atoms with Crippen molar-refractivity contribution < 1.29 is 12.8 Å². The lowest BCUT2D eigenvalue weighted by atomic mass is 10.2. The van der Waals surface area contributed by atoms with Crippen molar-refractivity contribution in [2.45, 2.75) is 30.8 Å². The number of halogens is 1. The van der Waals surface area contributed by atoms with Gasteiger partial charge in [-0.2, -0.15) is 0 Å². The SMILES string of the molecule is CC(CCN(C)C)NS(=O)(=O)c1ccc(CN)cc1F. The zero-order chi connectivity index (χ0) is 15.3. The molecule has 1 rings (SSSR count). The molecule has 0 aliphatic carbocycles. The van der Waals surface area contributed by atoms with Crippen LogP contribution < -0.4 is 10.5 Å². The van der Waals surface area contributed by atoms with Crippen LogP contribution in [-0.4, -0.2) is 40.0 Å². The Morgan fingerprint density at radius 2 is 2.05 bits per heavy atom. The summed E-state index contributed by atoms with van der Waals surface area (Å²) in [5, 5.41) is 0. The third-order valence-electron chi connectivity index (χ3n) is 2.89. The summed E-state index contributed by atoms with van der Waals surface area (Å²) in [7, 11) is -0.0291. The average Bonchev–Trinajstić information content (AvgIpc) is 2.35. The molecule has 0 radical (unpaired) electrons. The number of benzene rings is 1. The molecule has 0 fully saturated rings. The molecule has 3 N–H and O–H groups in total. The first kappa shape index (κ1) is 17.0. The van der Waals surface area contributed by atoms with Crippen LogP contribution in [0.1, 0.15) is 18.9 Å². The van der Waals surface area contributed by atoms with Crippen LogP contribution in [-0.2, 0) is 16.6 Å². The maximum absolute atomic E-state index is 13.8. The second-order valence-electron chi connectivity index (χ2n) is 5.08. The number of hydrogen-bond acceptors (Lipinski definition) is 4. The Bertz CT molecular complexity index is 547. The van der Waals surface area contributed by atoms with Crippen LogP contribution in [0.4, 0.5) is 4.39 Å². The molecule has 1 aromatic rings. The lowest BCUT2D eigenvalue weighted by Gasteiger charge is -2.17. The number of nitrogens with one attached hydrogen (secondary N) is 1. The number of nitrogens with two attached hydrogens (primary N) is 1. The van der Waals surface area contributed by atoms with Crippen molar-refractivity contribution in [1.82, 2.24) is 9.62 Å². The first-order valence-corrected chi connectivity index (χ1v) is 7.90. The topological polar surface area (TPSA) is 75.4 Å². The molecule has 20 heavy (non-hydrogen) atoms. The van der Waals surface area contributed by atoms with Crippen molar-refractivity contribution >= 4 is 10.0 Å². The summed E-state index contributed by atoms with van der Waals surface area (Å²) in [5.74, 6) is -0.778. The van der Waals surface area contributed by atoms with Crippen LogP contribution in [0.15, 0.2) is 23.1 Å².